The van der Waals surface area contributed by atoms with Gasteiger partial charge in [0.15, 0.2) is 5.01 Å². The van der Waals surface area contributed by atoms with Crippen molar-refractivity contribution >= 4 is 28.9 Å². The summed E-state index contributed by atoms with van der Waals surface area (Å²) in [4.78, 5) is 0. The number of hydrazine groups is 1. The fourth-order valence-corrected chi connectivity index (χ4v) is 1.90. The third kappa shape index (κ3) is 2.41. The van der Waals surface area contributed by atoms with Crippen molar-refractivity contribution < 1.29 is 4.74 Å². The van der Waals surface area contributed by atoms with E-state index in [0.717, 1.165) is 16.3 Å². The number of rotatable bonds is 3. The summed E-state index contributed by atoms with van der Waals surface area (Å²) in [6.45, 7) is 0. The van der Waals surface area contributed by atoms with E-state index in [2.05, 4.69) is 15.6 Å². The molecule has 0 fully saturated rings. The lowest BCUT2D eigenvalue weighted by molar-refractivity contribution is 0.416. The first-order valence-corrected chi connectivity index (χ1v) is 5.10. The van der Waals surface area contributed by atoms with Crippen LogP contribution in [-0.2, 0) is 0 Å². The minimum atomic E-state index is 0. The van der Waals surface area contributed by atoms with Crippen molar-refractivity contribution in [3.8, 4) is 16.3 Å². The Morgan fingerprint density at radius 2 is 2.06 bits per heavy atom. The molecule has 5 nitrogen and oxygen atoms in total. The minimum absolute atomic E-state index is 0. The van der Waals surface area contributed by atoms with Crippen LogP contribution >= 0.6 is 23.7 Å². The molecule has 16 heavy (non-hydrogen) atoms. The molecule has 3 N–H and O–H groups in total. The van der Waals surface area contributed by atoms with Gasteiger partial charge in [0, 0.05) is 0 Å². The molecule has 0 bridgehead atoms. The van der Waals surface area contributed by atoms with Gasteiger partial charge < -0.3 is 4.74 Å². The topological polar surface area (TPSA) is 73.1 Å². The number of nitrogens with two attached hydrogens (primary N) is 1. The fourth-order valence-electron chi connectivity index (χ4n) is 1.21. The maximum absolute atomic E-state index is 5.24. The van der Waals surface area contributed by atoms with Crippen molar-refractivity contribution in [2.45, 2.75) is 0 Å². The molecule has 0 aliphatic carbocycles. The quantitative estimate of drug-likeness (QED) is 0.650. The Balaban J connectivity index is 0.00000128. The molecule has 0 spiro atoms. The lowest BCUT2D eigenvalue weighted by Crippen LogP contribution is -2.05. The smallest absolute Gasteiger partial charge is 0.220 e. The molecule has 0 unspecified atom stereocenters. The lowest BCUT2D eigenvalue weighted by atomic mass is 10.2. The number of anilines is 1. The van der Waals surface area contributed by atoms with Crippen LogP contribution in [0, 0.1) is 0 Å². The van der Waals surface area contributed by atoms with Gasteiger partial charge in [0.25, 0.3) is 0 Å². The van der Waals surface area contributed by atoms with Crippen LogP contribution in [-0.4, -0.2) is 17.3 Å². The van der Waals surface area contributed by atoms with Gasteiger partial charge in [-0.1, -0.05) is 23.5 Å². The van der Waals surface area contributed by atoms with Gasteiger partial charge in [-0.05, 0) is 12.1 Å². The Bertz CT molecular complexity index is 462. The van der Waals surface area contributed by atoms with Crippen molar-refractivity contribution in [2.24, 2.45) is 5.84 Å². The maximum Gasteiger partial charge on any atom is 0.220 e. The number of nitrogen functional groups attached to an aromatic ring is 1. The zero-order valence-corrected chi connectivity index (χ0v) is 10.1. The molecule has 0 atom stereocenters. The number of nitrogens with one attached hydrogen (secondary N) is 1. The number of halogens is 1. The molecule has 86 valence electrons. The van der Waals surface area contributed by atoms with Gasteiger partial charge in [0.1, 0.15) is 5.75 Å². The van der Waals surface area contributed by atoms with Crippen molar-refractivity contribution in [1.29, 1.82) is 0 Å². The molecule has 1 aromatic heterocycles. The Kier molecular flexibility index (Phi) is 4.48. The van der Waals surface area contributed by atoms with Crippen molar-refractivity contribution in [2.75, 3.05) is 12.5 Å². The van der Waals surface area contributed by atoms with Gasteiger partial charge in [-0.3, -0.25) is 5.43 Å². The average molecular weight is 259 g/mol. The molecule has 2 aromatic rings. The normalized spacial score (nSPS) is 9.38. The number of ether oxygens (including phenoxy) is 1. The summed E-state index contributed by atoms with van der Waals surface area (Å²) in [5, 5.41) is 9.23. The summed E-state index contributed by atoms with van der Waals surface area (Å²) >= 11 is 1.38. The maximum atomic E-state index is 5.24. The molecule has 1 heterocycles. The SMILES string of the molecule is COc1ccccc1-c1nnc(NN)s1.Cl. The lowest BCUT2D eigenvalue weighted by Gasteiger charge is -2.03. The summed E-state index contributed by atoms with van der Waals surface area (Å²) in [6.07, 6.45) is 0. The predicted octanol–water partition coefficient (Wildman–Crippen LogP) is 1.92. The number of hydrogen-bond donors (Lipinski definition) is 2. The Morgan fingerprint density at radius 1 is 1.31 bits per heavy atom. The molecule has 7 heteroatoms. The van der Waals surface area contributed by atoms with Gasteiger partial charge in [-0.25, -0.2) is 5.84 Å². The highest BCUT2D eigenvalue weighted by molar-refractivity contribution is 7.18. The monoisotopic (exact) mass is 258 g/mol. The van der Waals surface area contributed by atoms with Crippen molar-refractivity contribution in [3.63, 3.8) is 0 Å². The number of benzene rings is 1. The molecule has 0 radical (unpaired) electrons. The Morgan fingerprint density at radius 3 is 2.69 bits per heavy atom. The minimum Gasteiger partial charge on any atom is -0.496 e. The van der Waals surface area contributed by atoms with E-state index < -0.39 is 0 Å². The fraction of sp³-hybridized carbons (Fsp3) is 0.111. The van der Waals surface area contributed by atoms with Crippen molar-refractivity contribution in [3.05, 3.63) is 24.3 Å². The highest BCUT2D eigenvalue weighted by Crippen LogP contribution is 2.32. The Hall–Kier alpha value is -1.37. The summed E-state index contributed by atoms with van der Waals surface area (Å²) in [6, 6.07) is 7.65. The van der Waals surface area contributed by atoms with Crippen LogP contribution in [0.5, 0.6) is 5.75 Å². The predicted molar refractivity (Wildman–Crippen MR) is 67.0 cm³/mol. The first-order valence-electron chi connectivity index (χ1n) is 4.28. The number of aromatic nitrogens is 2. The van der Waals surface area contributed by atoms with Gasteiger partial charge in [0.05, 0.1) is 12.7 Å². The number of para-hydroxylation sites is 1. The zero-order chi connectivity index (χ0) is 10.7. The standard InChI is InChI=1S/C9H10N4OS.ClH/c1-14-7-5-3-2-4-6(7)8-12-13-9(11-10)15-8;/h2-5H,10H2,1H3,(H,11,13);1H. The van der Waals surface area contributed by atoms with E-state index in [0.29, 0.717) is 5.13 Å². The number of hydrogen-bond acceptors (Lipinski definition) is 6. The molecular formula is C9H11ClN4OS. The van der Waals surface area contributed by atoms with Crippen LogP contribution in [0.4, 0.5) is 5.13 Å². The largest absolute Gasteiger partial charge is 0.496 e. The van der Waals surface area contributed by atoms with Gasteiger partial charge in [0.2, 0.25) is 5.13 Å². The molecule has 2 rings (SSSR count). The van der Waals surface area contributed by atoms with E-state index in [4.69, 9.17) is 10.6 Å². The van der Waals surface area contributed by atoms with Crippen LogP contribution in [0.2, 0.25) is 0 Å². The second-order valence-corrected chi connectivity index (χ2v) is 3.73. The van der Waals surface area contributed by atoms with E-state index >= 15 is 0 Å². The third-order valence-electron chi connectivity index (χ3n) is 1.89. The molecular weight excluding hydrogens is 248 g/mol. The molecule has 0 aliphatic rings. The van der Waals surface area contributed by atoms with Gasteiger partial charge in [-0.15, -0.1) is 22.6 Å². The second kappa shape index (κ2) is 5.64. The van der Waals surface area contributed by atoms with Crippen LogP contribution in [0.25, 0.3) is 10.6 Å². The average Bonchev–Trinajstić information content (AvgIpc) is 2.77. The van der Waals surface area contributed by atoms with Gasteiger partial charge >= 0.3 is 0 Å². The van der Waals surface area contributed by atoms with E-state index in [9.17, 15) is 0 Å². The third-order valence-corrected chi connectivity index (χ3v) is 2.77. The molecule has 1 aromatic carbocycles. The highest BCUT2D eigenvalue weighted by atomic mass is 35.5. The molecule has 0 saturated carbocycles. The van der Waals surface area contributed by atoms with E-state index in [1.54, 1.807) is 7.11 Å². The number of methoxy groups -OCH3 is 1. The first kappa shape index (κ1) is 12.7. The van der Waals surface area contributed by atoms with Crippen molar-refractivity contribution in [1.82, 2.24) is 10.2 Å². The number of nitrogens with zero attached hydrogens (tertiary/aromatic N) is 2. The van der Waals surface area contributed by atoms with E-state index in [1.807, 2.05) is 24.3 Å². The summed E-state index contributed by atoms with van der Waals surface area (Å²) < 4.78 is 5.23. The van der Waals surface area contributed by atoms with E-state index in [1.165, 1.54) is 11.3 Å². The molecule has 0 aliphatic heterocycles. The van der Waals surface area contributed by atoms with E-state index in [-0.39, 0.29) is 12.4 Å². The van der Waals surface area contributed by atoms with Crippen LogP contribution in [0.15, 0.2) is 24.3 Å². The molecule has 0 saturated heterocycles. The summed E-state index contributed by atoms with van der Waals surface area (Å²) in [5.41, 5.74) is 3.37. The van der Waals surface area contributed by atoms with Crippen LogP contribution < -0.4 is 16.0 Å². The van der Waals surface area contributed by atoms with Gasteiger partial charge in [-0.2, -0.15) is 0 Å². The summed E-state index contributed by atoms with van der Waals surface area (Å²) in [7, 11) is 1.63. The second-order valence-electron chi connectivity index (χ2n) is 2.76. The highest BCUT2D eigenvalue weighted by Gasteiger charge is 2.09. The summed E-state index contributed by atoms with van der Waals surface area (Å²) in [5.74, 6) is 6.01. The molecule has 0 amide bonds. The van der Waals surface area contributed by atoms with Crippen LogP contribution in [0.3, 0.4) is 0 Å². The zero-order valence-electron chi connectivity index (χ0n) is 8.51. The Labute approximate surface area is 103 Å². The first-order chi connectivity index (χ1) is 7.35. The van der Waals surface area contributed by atoms with Crippen LogP contribution in [0.1, 0.15) is 0 Å².